The molecule has 0 fully saturated rings. The van der Waals surface area contributed by atoms with Gasteiger partial charge in [-0.3, -0.25) is 9.59 Å². The van der Waals surface area contributed by atoms with Gasteiger partial charge in [-0.15, -0.1) is 0 Å². The highest BCUT2D eigenvalue weighted by atomic mass is 16.2. The normalized spacial score (nSPS) is 11.6. The first-order valence-corrected chi connectivity index (χ1v) is 9.36. The van der Waals surface area contributed by atoms with E-state index in [4.69, 9.17) is 0 Å². The molecule has 0 saturated carbocycles. The average molecular weight is 379 g/mol. The summed E-state index contributed by atoms with van der Waals surface area (Å²) in [6, 6.07) is 8.97. The number of amides is 1. The molecule has 3 rings (SSSR count). The molecule has 0 atom stereocenters. The standard InChI is InChI=1S/C21H25N5O2/c1-13(2)9-10-26-21(28)18-8-6-5-7-17(18)19(25-26)20(27)24-22-12-16-11-14(3)23-15(16)4/h5-8,11-13,23H,9-10H2,1-4H3,(H,24,27)/b22-12+. The Bertz CT molecular complexity index is 1090. The summed E-state index contributed by atoms with van der Waals surface area (Å²) in [5, 5.41) is 9.39. The minimum absolute atomic E-state index is 0.185. The third kappa shape index (κ3) is 4.19. The number of aromatic nitrogens is 3. The molecule has 1 amide bonds. The van der Waals surface area contributed by atoms with Crippen molar-refractivity contribution in [2.75, 3.05) is 0 Å². The van der Waals surface area contributed by atoms with Crippen LogP contribution in [-0.2, 0) is 6.54 Å². The van der Waals surface area contributed by atoms with E-state index in [2.05, 4.69) is 34.5 Å². The van der Waals surface area contributed by atoms with Gasteiger partial charge in [0.1, 0.15) is 0 Å². The molecule has 0 saturated heterocycles. The van der Waals surface area contributed by atoms with Crippen LogP contribution in [0.25, 0.3) is 10.8 Å². The van der Waals surface area contributed by atoms with Crippen molar-refractivity contribution in [3.05, 3.63) is 63.3 Å². The summed E-state index contributed by atoms with van der Waals surface area (Å²) in [4.78, 5) is 28.6. The van der Waals surface area contributed by atoms with Crippen LogP contribution in [0.3, 0.4) is 0 Å². The second-order valence-corrected chi connectivity index (χ2v) is 7.34. The number of hydrogen-bond donors (Lipinski definition) is 2. The Hall–Kier alpha value is -3.22. The predicted molar refractivity (Wildman–Crippen MR) is 111 cm³/mol. The van der Waals surface area contributed by atoms with Gasteiger partial charge in [0.2, 0.25) is 0 Å². The third-order valence-corrected chi connectivity index (χ3v) is 4.56. The molecule has 28 heavy (non-hydrogen) atoms. The number of hydrazone groups is 1. The molecule has 0 aliphatic carbocycles. The predicted octanol–water partition coefficient (Wildman–Crippen LogP) is 3.15. The maximum atomic E-state index is 12.7. The molecule has 146 valence electrons. The molecular formula is C21H25N5O2. The molecule has 1 aromatic carbocycles. The lowest BCUT2D eigenvalue weighted by Gasteiger charge is -2.11. The van der Waals surface area contributed by atoms with Crippen molar-refractivity contribution >= 4 is 22.9 Å². The summed E-state index contributed by atoms with van der Waals surface area (Å²) in [6.07, 6.45) is 2.39. The second kappa shape index (κ2) is 8.21. The van der Waals surface area contributed by atoms with E-state index in [0.717, 1.165) is 23.4 Å². The average Bonchev–Trinajstić information content (AvgIpc) is 2.98. The van der Waals surface area contributed by atoms with Crippen molar-refractivity contribution in [3.63, 3.8) is 0 Å². The van der Waals surface area contributed by atoms with Crippen LogP contribution in [0.1, 0.15) is 47.7 Å². The zero-order valence-electron chi connectivity index (χ0n) is 16.6. The summed E-state index contributed by atoms with van der Waals surface area (Å²) in [5.74, 6) is -0.0225. The van der Waals surface area contributed by atoms with Gasteiger partial charge in [0.15, 0.2) is 5.69 Å². The first-order valence-electron chi connectivity index (χ1n) is 9.36. The fraction of sp³-hybridized carbons (Fsp3) is 0.333. The van der Waals surface area contributed by atoms with E-state index in [9.17, 15) is 9.59 Å². The van der Waals surface area contributed by atoms with E-state index < -0.39 is 5.91 Å². The smallest absolute Gasteiger partial charge is 0.292 e. The largest absolute Gasteiger partial charge is 0.362 e. The maximum Gasteiger partial charge on any atom is 0.292 e. The summed E-state index contributed by atoms with van der Waals surface area (Å²) in [6.45, 7) is 8.53. The van der Waals surface area contributed by atoms with Gasteiger partial charge in [-0.2, -0.15) is 10.2 Å². The minimum atomic E-state index is -0.448. The summed E-state index contributed by atoms with van der Waals surface area (Å²) in [7, 11) is 0. The zero-order chi connectivity index (χ0) is 20.3. The highest BCUT2D eigenvalue weighted by Crippen LogP contribution is 2.14. The number of carbonyl (C=O) groups is 1. The number of H-pyrrole nitrogens is 1. The molecule has 7 heteroatoms. The van der Waals surface area contributed by atoms with E-state index in [-0.39, 0.29) is 11.3 Å². The van der Waals surface area contributed by atoms with Crippen LogP contribution < -0.4 is 11.0 Å². The van der Waals surface area contributed by atoms with E-state index >= 15 is 0 Å². The van der Waals surface area contributed by atoms with Gasteiger partial charge in [0.05, 0.1) is 11.6 Å². The lowest BCUT2D eigenvalue weighted by atomic mass is 10.1. The second-order valence-electron chi connectivity index (χ2n) is 7.34. The van der Waals surface area contributed by atoms with E-state index in [1.165, 1.54) is 4.68 Å². The number of aryl methyl sites for hydroxylation is 3. The number of aromatic amines is 1. The van der Waals surface area contributed by atoms with Crippen LogP contribution in [0.15, 0.2) is 40.2 Å². The Morgan fingerprint density at radius 3 is 2.64 bits per heavy atom. The first-order chi connectivity index (χ1) is 13.4. The van der Waals surface area contributed by atoms with Crippen molar-refractivity contribution in [1.82, 2.24) is 20.2 Å². The Balaban J connectivity index is 1.92. The molecule has 2 heterocycles. The topological polar surface area (TPSA) is 92.1 Å². The van der Waals surface area contributed by atoms with Crippen LogP contribution in [0, 0.1) is 19.8 Å². The van der Waals surface area contributed by atoms with Crippen LogP contribution in [-0.4, -0.2) is 26.9 Å². The molecule has 7 nitrogen and oxygen atoms in total. The van der Waals surface area contributed by atoms with Gasteiger partial charge in [-0.05, 0) is 38.3 Å². The number of rotatable bonds is 6. The fourth-order valence-corrected chi connectivity index (χ4v) is 3.03. The highest BCUT2D eigenvalue weighted by molar-refractivity contribution is 6.05. The van der Waals surface area contributed by atoms with Gasteiger partial charge in [0, 0.05) is 28.9 Å². The third-order valence-electron chi connectivity index (χ3n) is 4.56. The molecule has 3 aromatic rings. The zero-order valence-corrected chi connectivity index (χ0v) is 16.6. The van der Waals surface area contributed by atoms with E-state index in [1.807, 2.05) is 19.9 Å². The number of carbonyl (C=O) groups excluding carboxylic acids is 1. The van der Waals surface area contributed by atoms with Crippen LogP contribution >= 0.6 is 0 Å². The molecule has 0 bridgehead atoms. The fourth-order valence-electron chi connectivity index (χ4n) is 3.03. The van der Waals surface area contributed by atoms with Gasteiger partial charge in [0.25, 0.3) is 11.5 Å². The van der Waals surface area contributed by atoms with Crippen molar-refractivity contribution in [1.29, 1.82) is 0 Å². The molecule has 2 aromatic heterocycles. The molecule has 0 spiro atoms. The summed E-state index contributed by atoms with van der Waals surface area (Å²) < 4.78 is 1.38. The Morgan fingerprint density at radius 2 is 2.00 bits per heavy atom. The lowest BCUT2D eigenvalue weighted by Crippen LogP contribution is -2.29. The van der Waals surface area contributed by atoms with Crippen molar-refractivity contribution in [2.24, 2.45) is 11.0 Å². The van der Waals surface area contributed by atoms with Gasteiger partial charge < -0.3 is 4.98 Å². The molecule has 0 unspecified atom stereocenters. The molecule has 2 N–H and O–H groups in total. The Labute approximate surface area is 163 Å². The highest BCUT2D eigenvalue weighted by Gasteiger charge is 2.16. The van der Waals surface area contributed by atoms with Crippen molar-refractivity contribution in [2.45, 2.75) is 40.7 Å². The van der Waals surface area contributed by atoms with Crippen molar-refractivity contribution in [3.8, 4) is 0 Å². The van der Waals surface area contributed by atoms with Crippen LogP contribution in [0.4, 0.5) is 0 Å². The van der Waals surface area contributed by atoms with Gasteiger partial charge >= 0.3 is 0 Å². The number of nitrogens with one attached hydrogen (secondary N) is 2. The Kier molecular flexibility index (Phi) is 5.73. The number of nitrogens with zero attached hydrogens (tertiary/aromatic N) is 3. The SMILES string of the molecule is Cc1cc(/C=N/NC(=O)c2nn(CCC(C)C)c(=O)c3ccccc23)c(C)[nH]1. The first kappa shape index (κ1) is 19.5. The van der Waals surface area contributed by atoms with Gasteiger partial charge in [-0.1, -0.05) is 32.0 Å². The Morgan fingerprint density at radius 1 is 1.29 bits per heavy atom. The summed E-state index contributed by atoms with van der Waals surface area (Å²) in [5.41, 5.74) is 5.43. The number of benzene rings is 1. The quantitative estimate of drug-likeness (QED) is 0.509. The van der Waals surface area contributed by atoms with Crippen LogP contribution in [0.5, 0.6) is 0 Å². The van der Waals surface area contributed by atoms with Gasteiger partial charge in [-0.25, -0.2) is 10.1 Å². The lowest BCUT2D eigenvalue weighted by molar-refractivity contribution is 0.0949. The molecule has 0 radical (unpaired) electrons. The van der Waals surface area contributed by atoms with Crippen LogP contribution in [0.2, 0.25) is 0 Å². The number of fused-ring (bicyclic) bond motifs is 1. The monoisotopic (exact) mass is 379 g/mol. The molecule has 0 aliphatic rings. The maximum absolute atomic E-state index is 12.7. The minimum Gasteiger partial charge on any atom is -0.362 e. The van der Waals surface area contributed by atoms with Crippen molar-refractivity contribution < 1.29 is 4.79 Å². The van der Waals surface area contributed by atoms with E-state index in [1.54, 1.807) is 30.5 Å². The molecular weight excluding hydrogens is 354 g/mol. The van der Waals surface area contributed by atoms with E-state index in [0.29, 0.717) is 23.2 Å². The molecule has 0 aliphatic heterocycles. The summed E-state index contributed by atoms with van der Waals surface area (Å²) >= 11 is 0. The number of hydrogen-bond acceptors (Lipinski definition) is 4.